The third kappa shape index (κ3) is 7.48. The number of carbonyl (C=O) groups excluding carboxylic acids is 1. The van der Waals surface area contributed by atoms with Crippen LogP contribution in [-0.2, 0) is 16.1 Å². The minimum atomic E-state index is -0.458. The van der Waals surface area contributed by atoms with Gasteiger partial charge in [0.1, 0.15) is 11.4 Å². The quantitative estimate of drug-likeness (QED) is 0.758. The molecule has 1 aliphatic heterocycles. The zero-order chi connectivity index (χ0) is 22.1. The molecular weight excluding hydrogens is 387 g/mol. The van der Waals surface area contributed by atoms with Crippen LogP contribution in [0.2, 0.25) is 0 Å². The minimum Gasteiger partial charge on any atom is -0.483 e. The number of hydrogen-bond acceptors (Lipinski definition) is 4. The monoisotopic (exact) mass is 416 g/mol. The van der Waals surface area contributed by atoms with Gasteiger partial charge in [0, 0.05) is 32.7 Å². The molecular formula is C23H29FN2O4. The summed E-state index contributed by atoms with van der Waals surface area (Å²) in [6, 6.07) is 14.9. The third-order valence-corrected chi connectivity index (χ3v) is 4.56. The van der Waals surface area contributed by atoms with E-state index in [1.165, 1.54) is 17.7 Å². The summed E-state index contributed by atoms with van der Waals surface area (Å²) in [4.78, 5) is 24.6. The highest BCUT2D eigenvalue weighted by Gasteiger charge is 2.25. The van der Waals surface area contributed by atoms with Crippen molar-refractivity contribution >= 4 is 12.6 Å². The molecule has 3 rings (SSSR count). The van der Waals surface area contributed by atoms with E-state index in [1.807, 2.05) is 20.8 Å². The van der Waals surface area contributed by atoms with Gasteiger partial charge >= 0.3 is 6.09 Å². The van der Waals surface area contributed by atoms with Crippen LogP contribution in [0.3, 0.4) is 0 Å². The zero-order valence-electron chi connectivity index (χ0n) is 17.7. The van der Waals surface area contributed by atoms with Crippen molar-refractivity contribution in [2.45, 2.75) is 32.9 Å². The number of benzene rings is 2. The smallest absolute Gasteiger partial charge is 0.410 e. The van der Waals surface area contributed by atoms with Gasteiger partial charge in [-0.05, 0) is 49.6 Å². The van der Waals surface area contributed by atoms with Gasteiger partial charge in [0.25, 0.3) is 6.47 Å². The predicted octanol–water partition coefficient (Wildman–Crippen LogP) is 4.25. The van der Waals surface area contributed by atoms with Crippen LogP contribution in [0.4, 0.5) is 9.18 Å². The van der Waals surface area contributed by atoms with Crippen molar-refractivity contribution in [3.05, 3.63) is 59.9 Å². The van der Waals surface area contributed by atoms with Crippen LogP contribution >= 0.6 is 0 Å². The van der Waals surface area contributed by atoms with Crippen LogP contribution in [0, 0.1) is 5.82 Å². The first-order chi connectivity index (χ1) is 14.2. The number of rotatable bonds is 3. The van der Waals surface area contributed by atoms with E-state index in [1.54, 1.807) is 17.0 Å². The molecule has 1 fully saturated rings. The molecule has 1 saturated heterocycles. The van der Waals surface area contributed by atoms with Gasteiger partial charge < -0.3 is 14.7 Å². The van der Waals surface area contributed by atoms with E-state index in [4.69, 9.17) is 14.6 Å². The van der Waals surface area contributed by atoms with E-state index < -0.39 is 5.60 Å². The largest absolute Gasteiger partial charge is 0.483 e. The fourth-order valence-corrected chi connectivity index (χ4v) is 3.12. The number of carbonyl (C=O) groups is 2. The molecule has 162 valence electrons. The van der Waals surface area contributed by atoms with Crippen molar-refractivity contribution in [2.75, 3.05) is 26.2 Å². The van der Waals surface area contributed by atoms with Crippen molar-refractivity contribution in [1.82, 2.24) is 9.80 Å². The highest BCUT2D eigenvalue weighted by Crippen LogP contribution is 2.21. The zero-order valence-corrected chi connectivity index (χ0v) is 17.7. The summed E-state index contributed by atoms with van der Waals surface area (Å²) in [5.74, 6) is -0.221. The summed E-state index contributed by atoms with van der Waals surface area (Å²) in [5.41, 5.74) is 2.86. The van der Waals surface area contributed by atoms with Crippen LogP contribution in [0.5, 0.6) is 0 Å². The number of piperazine rings is 1. The first-order valence-corrected chi connectivity index (χ1v) is 9.85. The lowest BCUT2D eigenvalue weighted by molar-refractivity contribution is -0.122. The van der Waals surface area contributed by atoms with Crippen molar-refractivity contribution in [3.8, 4) is 11.1 Å². The lowest BCUT2D eigenvalue weighted by Crippen LogP contribution is -2.49. The Morgan fingerprint density at radius 1 is 1.00 bits per heavy atom. The first kappa shape index (κ1) is 23.3. The second-order valence-electron chi connectivity index (χ2n) is 8.05. The van der Waals surface area contributed by atoms with Crippen LogP contribution < -0.4 is 0 Å². The molecule has 1 aliphatic rings. The molecule has 0 aliphatic carbocycles. The maximum atomic E-state index is 13.0. The van der Waals surface area contributed by atoms with Crippen molar-refractivity contribution in [1.29, 1.82) is 0 Å². The lowest BCUT2D eigenvalue weighted by atomic mass is 10.0. The molecule has 0 spiro atoms. The fraction of sp³-hybridized carbons (Fsp3) is 0.391. The molecule has 1 N–H and O–H groups in total. The molecule has 0 unspecified atom stereocenters. The molecule has 0 bridgehead atoms. The maximum Gasteiger partial charge on any atom is 0.410 e. The maximum absolute atomic E-state index is 13.0. The second-order valence-corrected chi connectivity index (χ2v) is 8.05. The molecule has 2 aromatic rings. The number of hydrogen-bond donors (Lipinski definition) is 1. The van der Waals surface area contributed by atoms with Gasteiger partial charge in [-0.2, -0.15) is 0 Å². The van der Waals surface area contributed by atoms with Crippen LogP contribution in [0.25, 0.3) is 11.1 Å². The second kappa shape index (κ2) is 10.7. The first-order valence-electron chi connectivity index (χ1n) is 9.85. The molecule has 2 aromatic carbocycles. The summed E-state index contributed by atoms with van der Waals surface area (Å²) in [5, 5.41) is 6.89. The van der Waals surface area contributed by atoms with Crippen LogP contribution in [0.15, 0.2) is 48.5 Å². The Kier molecular flexibility index (Phi) is 8.35. The van der Waals surface area contributed by atoms with E-state index >= 15 is 0 Å². The topological polar surface area (TPSA) is 70.1 Å². The molecule has 0 saturated carbocycles. The molecule has 7 heteroatoms. The molecule has 0 aromatic heterocycles. The Labute approximate surface area is 176 Å². The molecule has 1 heterocycles. The SMILES string of the molecule is CC(C)(C)OC(=O)N1CCN(Cc2ccc(-c3ccc(F)cc3)cc2)CC1.O=CO. The fourth-order valence-electron chi connectivity index (χ4n) is 3.12. The minimum absolute atomic E-state index is 0.221. The van der Waals surface area contributed by atoms with Crippen LogP contribution in [0.1, 0.15) is 26.3 Å². The van der Waals surface area contributed by atoms with Gasteiger partial charge in [-0.3, -0.25) is 9.69 Å². The van der Waals surface area contributed by atoms with Gasteiger partial charge in [-0.1, -0.05) is 36.4 Å². The molecule has 30 heavy (non-hydrogen) atoms. The molecule has 1 amide bonds. The molecule has 0 radical (unpaired) electrons. The Bertz CT molecular complexity index is 809. The highest BCUT2D eigenvalue weighted by molar-refractivity contribution is 5.68. The third-order valence-electron chi connectivity index (χ3n) is 4.56. The summed E-state index contributed by atoms with van der Waals surface area (Å²) in [6.07, 6.45) is -0.231. The number of halogens is 1. The number of amides is 1. The van der Waals surface area contributed by atoms with E-state index in [0.717, 1.165) is 30.8 Å². The summed E-state index contributed by atoms with van der Waals surface area (Å²) in [7, 11) is 0. The summed E-state index contributed by atoms with van der Waals surface area (Å²) in [6.45, 7) is 9.29. The summed E-state index contributed by atoms with van der Waals surface area (Å²) < 4.78 is 18.5. The van der Waals surface area contributed by atoms with Gasteiger partial charge in [0.2, 0.25) is 0 Å². The Balaban J connectivity index is 0.00000101. The standard InChI is InChI=1S/C22H27FN2O2.CH2O2/c1-22(2,3)27-21(26)25-14-12-24(13-15-25)16-17-4-6-18(7-5-17)19-8-10-20(23)11-9-19;2-1-3/h4-11H,12-16H2,1-3H3;1H,(H,2,3). The van der Waals surface area contributed by atoms with E-state index in [2.05, 4.69) is 29.2 Å². The van der Waals surface area contributed by atoms with Gasteiger partial charge in [-0.25, -0.2) is 9.18 Å². The predicted molar refractivity (Wildman–Crippen MR) is 114 cm³/mol. The van der Waals surface area contributed by atoms with Crippen molar-refractivity contribution in [3.63, 3.8) is 0 Å². The summed E-state index contributed by atoms with van der Waals surface area (Å²) >= 11 is 0. The van der Waals surface area contributed by atoms with Gasteiger partial charge in [-0.15, -0.1) is 0 Å². The Morgan fingerprint density at radius 3 is 1.93 bits per heavy atom. The van der Waals surface area contributed by atoms with E-state index in [9.17, 15) is 9.18 Å². The average molecular weight is 416 g/mol. The number of carboxylic acid groups (broad SMARTS) is 1. The van der Waals surface area contributed by atoms with Gasteiger partial charge in [0.15, 0.2) is 0 Å². The molecule has 6 nitrogen and oxygen atoms in total. The highest BCUT2D eigenvalue weighted by atomic mass is 19.1. The average Bonchev–Trinajstić information content (AvgIpc) is 2.69. The number of nitrogens with zero attached hydrogens (tertiary/aromatic N) is 2. The Morgan fingerprint density at radius 2 is 1.47 bits per heavy atom. The van der Waals surface area contributed by atoms with Gasteiger partial charge in [0.05, 0.1) is 0 Å². The molecule has 0 atom stereocenters. The van der Waals surface area contributed by atoms with Crippen molar-refractivity contribution < 1.29 is 23.8 Å². The Hall–Kier alpha value is -2.93. The van der Waals surface area contributed by atoms with Crippen LogP contribution in [-0.4, -0.2) is 59.3 Å². The van der Waals surface area contributed by atoms with E-state index in [0.29, 0.717) is 13.1 Å². The lowest BCUT2D eigenvalue weighted by Gasteiger charge is -2.35. The van der Waals surface area contributed by atoms with E-state index in [-0.39, 0.29) is 18.4 Å². The number of ether oxygens (including phenoxy) is 1. The normalized spacial score (nSPS) is 14.5. The van der Waals surface area contributed by atoms with Crippen molar-refractivity contribution in [2.24, 2.45) is 0 Å².